The van der Waals surface area contributed by atoms with Crippen LogP contribution >= 0.6 is 0 Å². The van der Waals surface area contributed by atoms with Gasteiger partial charge in [0.25, 0.3) is 15.9 Å². The molecule has 208 valence electrons. The summed E-state index contributed by atoms with van der Waals surface area (Å²) in [6, 6.07) is 10.8. The number of sulfonamides is 1. The van der Waals surface area contributed by atoms with Gasteiger partial charge in [0, 0.05) is 49.5 Å². The number of carbonyl (C=O) groups is 1. The monoisotopic (exact) mass is 564 g/mol. The summed E-state index contributed by atoms with van der Waals surface area (Å²) in [7, 11) is -4.39. The second-order valence-electron chi connectivity index (χ2n) is 8.14. The maximum Gasteiger partial charge on any atom is 0.573 e. The average molecular weight is 565 g/mol. The van der Waals surface area contributed by atoms with Gasteiger partial charge < -0.3 is 26.1 Å². The van der Waals surface area contributed by atoms with Crippen molar-refractivity contribution < 1.29 is 31.1 Å². The number of hydrogen-bond donors (Lipinski definition) is 4. The summed E-state index contributed by atoms with van der Waals surface area (Å²) in [6.45, 7) is 2.80. The third-order valence-electron chi connectivity index (χ3n) is 5.54. The number of nitrogens with two attached hydrogens (primary N) is 1. The zero-order chi connectivity index (χ0) is 28.6. The number of pyridine rings is 1. The van der Waals surface area contributed by atoms with E-state index < -0.39 is 33.7 Å². The summed E-state index contributed by atoms with van der Waals surface area (Å²) in [4.78, 5) is 18.3. The second-order valence-corrected chi connectivity index (χ2v) is 9.79. The van der Waals surface area contributed by atoms with Gasteiger partial charge in [-0.1, -0.05) is 18.2 Å². The zero-order valence-corrected chi connectivity index (χ0v) is 21.6. The van der Waals surface area contributed by atoms with E-state index in [-0.39, 0.29) is 29.1 Å². The molecule has 1 heterocycles. The molecule has 39 heavy (non-hydrogen) atoms. The van der Waals surface area contributed by atoms with Crippen molar-refractivity contribution in [3.63, 3.8) is 0 Å². The number of anilines is 1. The molecule has 0 aliphatic carbocycles. The van der Waals surface area contributed by atoms with Gasteiger partial charge >= 0.3 is 6.36 Å². The van der Waals surface area contributed by atoms with Crippen LogP contribution in [0.1, 0.15) is 17.3 Å². The van der Waals surface area contributed by atoms with Gasteiger partial charge in [0.15, 0.2) is 5.75 Å². The topological polar surface area (TPSA) is 150 Å². The largest absolute Gasteiger partial charge is 0.573 e. The third-order valence-corrected chi connectivity index (χ3v) is 6.94. The quantitative estimate of drug-likeness (QED) is 0.194. The minimum absolute atomic E-state index is 0.132. The van der Waals surface area contributed by atoms with Gasteiger partial charge in [-0.2, -0.15) is 0 Å². The number of fused-ring (bicyclic) bond motifs is 1. The van der Waals surface area contributed by atoms with Crippen molar-refractivity contribution in [2.45, 2.75) is 18.2 Å². The molecule has 0 fully saturated rings. The van der Waals surface area contributed by atoms with E-state index in [0.717, 1.165) is 18.3 Å². The van der Waals surface area contributed by atoms with Crippen molar-refractivity contribution in [3.8, 4) is 5.75 Å². The first-order valence-corrected chi connectivity index (χ1v) is 13.1. The molecule has 5 N–H and O–H groups in total. The number of hydrogen-bond acceptors (Lipinski definition) is 8. The fourth-order valence-electron chi connectivity index (χ4n) is 3.63. The van der Waals surface area contributed by atoms with E-state index in [1.165, 1.54) is 35.5 Å². The highest BCUT2D eigenvalue weighted by molar-refractivity contribution is 7.93. The minimum Gasteiger partial charge on any atom is -0.404 e. The predicted octanol–water partition coefficient (Wildman–Crippen LogP) is 3.48. The highest BCUT2D eigenvalue weighted by atomic mass is 32.2. The lowest BCUT2D eigenvalue weighted by atomic mass is 10.1. The molecule has 0 aliphatic heterocycles. The van der Waals surface area contributed by atoms with Crippen LogP contribution in [0.25, 0.3) is 10.9 Å². The van der Waals surface area contributed by atoms with Crippen molar-refractivity contribution in [1.82, 2.24) is 15.2 Å². The number of aromatic nitrogens is 1. The van der Waals surface area contributed by atoms with Crippen LogP contribution < -0.4 is 20.5 Å². The summed E-state index contributed by atoms with van der Waals surface area (Å²) in [5, 5.41) is 10.8. The molecule has 0 saturated carbocycles. The van der Waals surface area contributed by atoms with Crippen molar-refractivity contribution >= 4 is 38.7 Å². The highest BCUT2D eigenvalue weighted by Crippen LogP contribution is 2.34. The van der Waals surface area contributed by atoms with Crippen molar-refractivity contribution in [3.05, 3.63) is 72.1 Å². The van der Waals surface area contributed by atoms with Crippen LogP contribution in [-0.4, -0.2) is 63.0 Å². The van der Waals surface area contributed by atoms with Crippen LogP contribution in [0.3, 0.4) is 0 Å². The molecule has 1 amide bonds. The summed E-state index contributed by atoms with van der Waals surface area (Å²) in [5.74, 6) is -1.47. The Bertz CT molecular complexity index is 1470. The van der Waals surface area contributed by atoms with Gasteiger partial charge in [0.1, 0.15) is 4.90 Å². The molecule has 0 aliphatic rings. The van der Waals surface area contributed by atoms with Gasteiger partial charge in [-0.05, 0) is 49.0 Å². The number of nitrogens with one attached hydrogen (secondary N) is 3. The maximum atomic E-state index is 13.2. The molecule has 3 rings (SSSR count). The summed E-state index contributed by atoms with van der Waals surface area (Å²) < 4.78 is 72.2. The Balaban J connectivity index is 1.87. The van der Waals surface area contributed by atoms with Gasteiger partial charge in [-0.25, -0.2) is 8.42 Å². The lowest BCUT2D eigenvalue weighted by Crippen LogP contribution is -2.37. The molecule has 0 atom stereocenters. The number of halogens is 3. The SMILES string of the molecule is CCN(CCNC/C(C=N)=C/N)C(=O)c1ccc(NS(=O)(=O)c2cccc3cccnc23)c(OC(F)(F)F)c1. The number of nitrogens with zero attached hydrogens (tertiary/aromatic N) is 2. The molecule has 2 aromatic carbocycles. The molecular formula is C25H27F3N6O4S. The van der Waals surface area contributed by atoms with Crippen LogP contribution in [0.2, 0.25) is 0 Å². The Hall–Kier alpha value is -4.17. The molecule has 3 aromatic rings. The Morgan fingerprint density at radius 3 is 2.62 bits per heavy atom. The minimum atomic E-state index is -5.15. The number of ether oxygens (including phenoxy) is 1. The number of likely N-dealkylation sites (N-methyl/N-ethyl adjacent to an activating group) is 1. The molecule has 0 unspecified atom stereocenters. The first kappa shape index (κ1) is 29.4. The van der Waals surface area contributed by atoms with Gasteiger partial charge in [0.2, 0.25) is 0 Å². The Kier molecular flexibility index (Phi) is 9.48. The van der Waals surface area contributed by atoms with Crippen LogP contribution in [0, 0.1) is 5.41 Å². The molecule has 1 aromatic heterocycles. The smallest absolute Gasteiger partial charge is 0.404 e. The van der Waals surface area contributed by atoms with Crippen LogP contribution in [0.4, 0.5) is 18.9 Å². The van der Waals surface area contributed by atoms with Gasteiger partial charge in [-0.15, -0.1) is 13.2 Å². The summed E-state index contributed by atoms with van der Waals surface area (Å²) >= 11 is 0. The van der Waals surface area contributed by atoms with Crippen molar-refractivity contribution in [2.75, 3.05) is 30.9 Å². The fraction of sp³-hybridized carbons (Fsp3) is 0.240. The van der Waals surface area contributed by atoms with E-state index in [4.69, 9.17) is 11.1 Å². The third kappa shape index (κ3) is 7.67. The highest BCUT2D eigenvalue weighted by Gasteiger charge is 2.33. The normalized spacial score (nSPS) is 12.3. The van der Waals surface area contributed by atoms with E-state index >= 15 is 0 Å². The van der Waals surface area contributed by atoms with E-state index in [1.807, 2.05) is 0 Å². The zero-order valence-electron chi connectivity index (χ0n) is 20.8. The molecule has 0 radical (unpaired) electrons. The Labute approximate surface area is 223 Å². The fourth-order valence-corrected chi connectivity index (χ4v) is 4.88. The van der Waals surface area contributed by atoms with Crippen LogP contribution in [-0.2, 0) is 10.0 Å². The molecule has 0 saturated heterocycles. The lowest BCUT2D eigenvalue weighted by molar-refractivity contribution is -0.274. The van der Waals surface area contributed by atoms with Crippen LogP contribution in [0.15, 0.2) is 71.4 Å². The number of para-hydroxylation sites is 1. The molecule has 0 bridgehead atoms. The second kappa shape index (κ2) is 12.6. The molecule has 0 spiro atoms. The number of alkyl halides is 3. The number of amides is 1. The Morgan fingerprint density at radius 2 is 1.95 bits per heavy atom. The first-order chi connectivity index (χ1) is 18.5. The number of benzene rings is 2. The van der Waals surface area contributed by atoms with Gasteiger partial charge in [-0.3, -0.25) is 14.5 Å². The lowest BCUT2D eigenvalue weighted by Gasteiger charge is -2.22. The summed E-state index contributed by atoms with van der Waals surface area (Å²) in [5.41, 5.74) is 5.43. The van der Waals surface area contributed by atoms with Crippen LogP contribution in [0.5, 0.6) is 5.75 Å². The van der Waals surface area contributed by atoms with Gasteiger partial charge in [0.05, 0.1) is 11.2 Å². The van der Waals surface area contributed by atoms with Crippen molar-refractivity contribution in [2.24, 2.45) is 5.73 Å². The number of carbonyl (C=O) groups excluding carboxylic acids is 1. The molecule has 14 heteroatoms. The first-order valence-electron chi connectivity index (χ1n) is 11.7. The van der Waals surface area contributed by atoms with E-state index in [9.17, 15) is 26.4 Å². The molecule has 10 nitrogen and oxygen atoms in total. The van der Waals surface area contributed by atoms with E-state index in [1.54, 1.807) is 25.1 Å². The standard InChI is InChI=1S/C25H27F3N6O4S/c1-2-34(12-11-31-16-17(14-29)15-30)24(35)19-8-9-20(21(13-19)38-25(26,27)28)33-39(36,37)22-7-3-5-18-6-4-10-32-23(18)22/h3-10,13-15,29,31,33H,2,11-12,16,30H2,1H3/b17-15+,29-14?. The van der Waals surface area contributed by atoms with Crippen molar-refractivity contribution in [1.29, 1.82) is 5.41 Å². The average Bonchev–Trinajstić information content (AvgIpc) is 2.90. The molecular weight excluding hydrogens is 537 g/mol. The maximum absolute atomic E-state index is 13.2. The predicted molar refractivity (Wildman–Crippen MR) is 141 cm³/mol. The summed E-state index contributed by atoms with van der Waals surface area (Å²) in [6.07, 6.45) is -1.39. The number of rotatable bonds is 12. The van der Waals surface area contributed by atoms with E-state index in [2.05, 4.69) is 19.8 Å². The Morgan fingerprint density at radius 1 is 1.21 bits per heavy atom. The van der Waals surface area contributed by atoms with E-state index in [0.29, 0.717) is 24.0 Å².